The van der Waals surface area contributed by atoms with Crippen LogP contribution in [0.3, 0.4) is 0 Å². The summed E-state index contributed by atoms with van der Waals surface area (Å²) in [4.78, 5) is 10.3. The summed E-state index contributed by atoms with van der Waals surface area (Å²) in [6, 6.07) is 28.4. The number of hydrogen-bond donors (Lipinski definition) is 0. The zero-order chi connectivity index (χ0) is 48.4. The van der Waals surface area contributed by atoms with Gasteiger partial charge in [-0.15, -0.1) is 0 Å². The Bertz CT molecular complexity index is 1950. The molecule has 6 heteroatoms. The first-order valence-electron chi connectivity index (χ1n) is 27.8. The summed E-state index contributed by atoms with van der Waals surface area (Å²) in [7, 11) is 0. The third kappa shape index (κ3) is 16.1. The van der Waals surface area contributed by atoms with E-state index in [0.717, 1.165) is 58.8 Å². The summed E-state index contributed by atoms with van der Waals surface area (Å²) in [6.45, 7) is 27.3. The van der Waals surface area contributed by atoms with Crippen LogP contribution in [-0.2, 0) is 0 Å². The fraction of sp³-hybridized carbons (Fsp3) is 0.548. The van der Waals surface area contributed by atoms with Gasteiger partial charge < -0.3 is 19.6 Å². The van der Waals surface area contributed by atoms with E-state index in [1.54, 1.807) is 0 Å². The van der Waals surface area contributed by atoms with Crippen molar-refractivity contribution in [2.24, 2.45) is 0 Å². The van der Waals surface area contributed by atoms with E-state index >= 15 is 0 Å². The van der Waals surface area contributed by atoms with Crippen molar-refractivity contribution >= 4 is 45.5 Å². The van der Waals surface area contributed by atoms with Gasteiger partial charge in [0.15, 0.2) is 11.8 Å². The second kappa shape index (κ2) is 30.6. The van der Waals surface area contributed by atoms with Crippen LogP contribution in [0.25, 0.3) is 0 Å². The maximum atomic E-state index is 2.63. The van der Waals surface area contributed by atoms with Crippen LogP contribution < -0.4 is 14.7 Å². The molecule has 370 valence electrons. The van der Waals surface area contributed by atoms with Crippen LogP contribution in [0.4, 0.5) is 34.1 Å². The van der Waals surface area contributed by atoms with Crippen LogP contribution in [-0.4, -0.2) is 83.9 Å². The van der Waals surface area contributed by atoms with Crippen molar-refractivity contribution in [2.75, 3.05) is 67.1 Å². The lowest BCUT2D eigenvalue weighted by molar-refractivity contribution is -0.527. The topological polar surface area (TPSA) is 19.0 Å². The first kappa shape index (κ1) is 54.1. The molecule has 0 amide bonds. The Balaban J connectivity index is 1.57. The third-order valence-corrected chi connectivity index (χ3v) is 13.8. The van der Waals surface area contributed by atoms with Crippen molar-refractivity contribution in [3.8, 4) is 0 Å². The maximum absolute atomic E-state index is 2.63. The Kier molecular flexibility index (Phi) is 24.4. The largest absolute Gasteiger partial charge is 0.372 e. The van der Waals surface area contributed by atoms with Gasteiger partial charge in [0.25, 0.3) is 0 Å². The minimum absolute atomic E-state index is 0.203. The minimum atomic E-state index is 0.203. The molecule has 5 rings (SSSR count). The molecule has 0 N–H and O–H groups in total. The Morgan fingerprint density at radius 2 is 0.750 bits per heavy atom. The molecule has 2 aliphatic carbocycles. The summed E-state index contributed by atoms with van der Waals surface area (Å²) in [5, 5.41) is 0. The molecule has 1 atom stereocenters. The molecule has 0 fully saturated rings. The van der Waals surface area contributed by atoms with Crippen molar-refractivity contribution in [1.29, 1.82) is 0 Å². The van der Waals surface area contributed by atoms with Gasteiger partial charge in [-0.3, -0.25) is 0 Å². The number of unbranched alkanes of at least 4 members (excludes halogenated alkanes) is 8. The maximum Gasteiger partial charge on any atom is 0.206 e. The highest BCUT2D eigenvalue weighted by atomic mass is 15.2. The lowest BCUT2D eigenvalue weighted by Gasteiger charge is -2.29. The van der Waals surface area contributed by atoms with Crippen LogP contribution in [0, 0.1) is 0 Å². The molecule has 68 heavy (non-hydrogen) atoms. The average Bonchev–Trinajstić information content (AvgIpc) is 3.38. The van der Waals surface area contributed by atoms with Crippen molar-refractivity contribution in [2.45, 2.75) is 171 Å². The van der Waals surface area contributed by atoms with Gasteiger partial charge in [0.05, 0.1) is 0 Å². The zero-order valence-electron chi connectivity index (χ0n) is 44.4. The van der Waals surface area contributed by atoms with Crippen molar-refractivity contribution in [1.82, 2.24) is 4.90 Å². The minimum Gasteiger partial charge on any atom is -0.372 e. The standard InChI is InChI=1S/C62H94N6/c1-9-17-45-63(46-18-10-2)53-25-33-57(34-26-53)67(58-35-27-54(28-36-58)64(47-19-11-3)48-20-12-4)61-41-43-62(44-42-61)68(59-37-29-55(30-38-59)65(49-21-13-5)50-22-14-6)60-39-31-56(32-40-60)66(51-23-15-7)52-24-16-8/h25-39,41-44,60H,9-24,40,45-52H2,1-8H3/q+2. The molecule has 0 bridgehead atoms. The number of nitrogens with zero attached hydrogens (tertiary/aromatic N) is 6. The highest BCUT2D eigenvalue weighted by molar-refractivity contribution is 6.15. The number of hydrogen-bond acceptors (Lipinski definition) is 4. The SMILES string of the molecule is CCCCN(CCCC)C1=CCC([N+](=C2C=CC(=[N+](CCCC)CCCC)C=C2)c2ccc(N(c3ccc(N(CCCC)CCCC)cc3)c3ccc(N(CCCC)CCCC)cc3)cc2)C=C1. The Hall–Kier alpha value is -4.84. The van der Waals surface area contributed by atoms with Gasteiger partial charge in [0, 0.05) is 129 Å². The van der Waals surface area contributed by atoms with E-state index in [0.29, 0.717) is 0 Å². The second-order valence-electron chi connectivity index (χ2n) is 19.3. The molecule has 0 spiro atoms. The zero-order valence-corrected chi connectivity index (χ0v) is 44.4. The fourth-order valence-electron chi connectivity index (χ4n) is 9.49. The van der Waals surface area contributed by atoms with Crippen molar-refractivity contribution < 1.29 is 9.15 Å². The van der Waals surface area contributed by atoms with Crippen LogP contribution in [0.1, 0.15) is 165 Å². The molecule has 0 saturated heterocycles. The predicted octanol–water partition coefficient (Wildman–Crippen LogP) is 16.3. The van der Waals surface area contributed by atoms with E-state index in [4.69, 9.17) is 0 Å². The molecule has 0 aliphatic heterocycles. The number of rotatable bonds is 32. The number of anilines is 5. The summed E-state index contributed by atoms with van der Waals surface area (Å²) >= 11 is 0. The molecule has 3 aromatic carbocycles. The van der Waals surface area contributed by atoms with E-state index in [1.165, 1.54) is 154 Å². The third-order valence-electron chi connectivity index (χ3n) is 13.8. The first-order chi connectivity index (χ1) is 33.4. The van der Waals surface area contributed by atoms with Gasteiger partial charge in [-0.05, 0) is 111 Å². The van der Waals surface area contributed by atoms with Crippen LogP contribution in [0.15, 0.2) is 121 Å². The molecule has 6 nitrogen and oxygen atoms in total. The monoisotopic (exact) mass is 923 g/mol. The van der Waals surface area contributed by atoms with Gasteiger partial charge in [-0.1, -0.05) is 113 Å². The van der Waals surface area contributed by atoms with Crippen molar-refractivity contribution in [3.63, 3.8) is 0 Å². The Labute approximate surface area is 416 Å². The van der Waals surface area contributed by atoms with E-state index in [2.05, 4.69) is 199 Å². The molecule has 3 aromatic rings. The molecule has 2 aliphatic rings. The fourth-order valence-corrected chi connectivity index (χ4v) is 9.49. The lowest BCUT2D eigenvalue weighted by Crippen LogP contribution is -2.31. The Morgan fingerprint density at radius 1 is 0.397 bits per heavy atom. The first-order valence-corrected chi connectivity index (χ1v) is 27.8. The van der Waals surface area contributed by atoms with Gasteiger partial charge >= 0.3 is 0 Å². The van der Waals surface area contributed by atoms with E-state index in [9.17, 15) is 0 Å². The molecule has 1 unspecified atom stereocenters. The normalized spacial score (nSPS) is 14.4. The molecular weight excluding hydrogens is 829 g/mol. The summed E-state index contributed by atoms with van der Waals surface area (Å²) in [5.41, 5.74) is 11.3. The van der Waals surface area contributed by atoms with Crippen molar-refractivity contribution in [3.05, 3.63) is 121 Å². The van der Waals surface area contributed by atoms with Gasteiger partial charge in [-0.2, -0.15) is 4.58 Å². The lowest BCUT2D eigenvalue weighted by atomic mass is 10.0. The smallest absolute Gasteiger partial charge is 0.206 e. The summed E-state index contributed by atoms with van der Waals surface area (Å²) in [6.07, 6.45) is 37.3. The van der Waals surface area contributed by atoms with Gasteiger partial charge in [0.1, 0.15) is 13.1 Å². The van der Waals surface area contributed by atoms with Gasteiger partial charge in [0.2, 0.25) is 11.4 Å². The quantitative estimate of drug-likeness (QED) is 0.0459. The number of benzene rings is 3. The molecule has 0 aromatic heterocycles. The molecule has 0 saturated carbocycles. The molecule has 0 heterocycles. The van der Waals surface area contributed by atoms with Crippen LogP contribution >= 0.6 is 0 Å². The second-order valence-corrected chi connectivity index (χ2v) is 19.3. The highest BCUT2D eigenvalue weighted by Gasteiger charge is 2.28. The number of allylic oxidation sites excluding steroid dienone is 5. The Morgan fingerprint density at radius 3 is 1.12 bits per heavy atom. The van der Waals surface area contributed by atoms with E-state index < -0.39 is 0 Å². The summed E-state index contributed by atoms with van der Waals surface area (Å²) in [5.74, 6) is 0. The van der Waals surface area contributed by atoms with E-state index in [1.807, 2.05) is 0 Å². The average molecular weight is 923 g/mol. The van der Waals surface area contributed by atoms with Gasteiger partial charge in [-0.25, -0.2) is 4.58 Å². The summed E-state index contributed by atoms with van der Waals surface area (Å²) < 4.78 is 5.18. The molecular formula is C62H94N6+2. The molecule has 0 radical (unpaired) electrons. The van der Waals surface area contributed by atoms with E-state index in [-0.39, 0.29) is 6.04 Å². The van der Waals surface area contributed by atoms with Crippen LogP contribution in [0.5, 0.6) is 0 Å². The highest BCUT2D eigenvalue weighted by Crippen LogP contribution is 2.38. The van der Waals surface area contributed by atoms with Crippen LogP contribution in [0.2, 0.25) is 0 Å². The predicted molar refractivity (Wildman–Crippen MR) is 300 cm³/mol.